The van der Waals surface area contributed by atoms with Crippen molar-refractivity contribution in [2.75, 3.05) is 13.2 Å². The molecule has 3 N–H and O–H groups in total. The Kier molecular flexibility index (Phi) is 42.9. The molecule has 1 aliphatic rings. The Morgan fingerprint density at radius 2 is 0.930 bits per heavy atom. The lowest BCUT2D eigenvalue weighted by molar-refractivity contribution is -0.301. The van der Waals surface area contributed by atoms with Crippen molar-refractivity contribution in [1.82, 2.24) is 0 Å². The van der Waals surface area contributed by atoms with E-state index in [9.17, 15) is 34.5 Å². The highest BCUT2D eigenvalue weighted by Gasteiger charge is 2.50. The molecule has 6 unspecified atom stereocenters. The number of carboxylic acid groups (broad SMARTS) is 1. The second-order valence-corrected chi connectivity index (χ2v) is 18.5. The second kappa shape index (κ2) is 46.9. The molecule has 0 aliphatic carbocycles. The van der Waals surface area contributed by atoms with Crippen LogP contribution in [0.1, 0.15) is 213 Å². The van der Waals surface area contributed by atoms with Gasteiger partial charge in [0, 0.05) is 19.3 Å². The lowest BCUT2D eigenvalue weighted by Gasteiger charge is -2.40. The molecule has 0 aromatic heterocycles. The molecule has 1 rings (SSSR count). The van der Waals surface area contributed by atoms with E-state index < -0.39 is 67.3 Å². The SMILES string of the molecule is CC/C=C\C/C=C\C/C=C\C/C=C\C/C=C\C/C=C\CCC(=O)OC1C(OCC(COC(=O)CCCCCCC/C=C\CCCC)OC(=O)CCCCCCCCCCCCC)OC(C(=O)O)C(O)C1O. The summed E-state index contributed by atoms with van der Waals surface area (Å²) in [4.78, 5) is 50.8. The van der Waals surface area contributed by atoms with E-state index in [0.717, 1.165) is 89.9 Å². The molecule has 0 bridgehead atoms. The minimum Gasteiger partial charge on any atom is -0.479 e. The van der Waals surface area contributed by atoms with Crippen molar-refractivity contribution in [3.05, 3.63) is 85.1 Å². The quantitative estimate of drug-likeness (QED) is 0.0228. The van der Waals surface area contributed by atoms with Crippen LogP contribution in [0.3, 0.4) is 0 Å². The third-order valence-electron chi connectivity index (χ3n) is 12.0. The standard InChI is InChI=1S/C59H96O12/c1-4-7-10-13-16-19-22-23-24-25-26-27-28-29-32-35-38-41-44-47-53(62)70-57-55(64)54(63)56(58(65)66)71-59(57)68-49-50(69-52(61)46-43-40-37-34-31-21-18-15-12-9-6-3)48-67-51(60)45-42-39-36-33-30-20-17-14-11-8-5-2/h7,10,14,16-17,19,23-24,26-27,29,32,38,41,50,54-57,59,63-64H,4-6,8-9,11-13,15,18,20-22,25,28,30-31,33-37,39-40,42-49H2,1-3H3,(H,65,66)/b10-7-,17-14-,19-16-,24-23-,27-26-,32-29-,41-38-. The van der Waals surface area contributed by atoms with Crippen molar-refractivity contribution in [3.63, 3.8) is 0 Å². The molecule has 0 aromatic rings. The molecule has 0 aromatic carbocycles. The van der Waals surface area contributed by atoms with Crippen LogP contribution in [0.15, 0.2) is 85.1 Å². The Labute approximate surface area is 429 Å². The van der Waals surface area contributed by atoms with Gasteiger partial charge < -0.3 is 39.0 Å². The maximum atomic E-state index is 13.1. The van der Waals surface area contributed by atoms with Crippen LogP contribution in [-0.2, 0) is 42.9 Å². The molecule has 1 aliphatic heterocycles. The minimum atomic E-state index is -1.93. The fraction of sp³-hybridized carbons (Fsp3) is 0.695. The lowest BCUT2D eigenvalue weighted by atomic mass is 9.98. The zero-order chi connectivity index (χ0) is 51.8. The molecule has 1 fully saturated rings. The molecule has 0 amide bonds. The van der Waals surface area contributed by atoms with Gasteiger partial charge in [0.05, 0.1) is 6.61 Å². The Balaban J connectivity index is 2.74. The number of allylic oxidation sites excluding steroid dienone is 14. The number of aliphatic carboxylic acids is 1. The summed E-state index contributed by atoms with van der Waals surface area (Å²) >= 11 is 0. The van der Waals surface area contributed by atoms with Crippen LogP contribution >= 0.6 is 0 Å². The van der Waals surface area contributed by atoms with Gasteiger partial charge in [-0.05, 0) is 77.0 Å². The summed E-state index contributed by atoms with van der Waals surface area (Å²) in [5, 5.41) is 31.4. The summed E-state index contributed by atoms with van der Waals surface area (Å²) in [5.74, 6) is -3.25. The maximum absolute atomic E-state index is 13.1. The van der Waals surface area contributed by atoms with Crippen LogP contribution < -0.4 is 0 Å². The number of esters is 3. The normalized spacial score (nSPS) is 19.1. The number of ether oxygens (including phenoxy) is 5. The summed E-state index contributed by atoms with van der Waals surface area (Å²) in [7, 11) is 0. The van der Waals surface area contributed by atoms with Crippen LogP contribution in [-0.4, -0.2) is 89.2 Å². The number of hydrogen-bond acceptors (Lipinski definition) is 11. The van der Waals surface area contributed by atoms with E-state index in [4.69, 9.17) is 23.7 Å². The van der Waals surface area contributed by atoms with E-state index in [1.807, 2.05) is 18.2 Å². The van der Waals surface area contributed by atoms with E-state index >= 15 is 0 Å². The second-order valence-electron chi connectivity index (χ2n) is 18.5. The zero-order valence-corrected chi connectivity index (χ0v) is 44.2. The van der Waals surface area contributed by atoms with Gasteiger partial charge in [0.2, 0.25) is 0 Å². The minimum absolute atomic E-state index is 0.0672. The fourth-order valence-corrected chi connectivity index (χ4v) is 7.73. The smallest absolute Gasteiger partial charge is 0.335 e. The Morgan fingerprint density at radius 3 is 1.45 bits per heavy atom. The molecule has 6 atom stereocenters. The fourth-order valence-electron chi connectivity index (χ4n) is 7.73. The predicted octanol–water partition coefficient (Wildman–Crippen LogP) is 13.6. The topological polar surface area (TPSA) is 175 Å². The molecule has 0 radical (unpaired) electrons. The highest BCUT2D eigenvalue weighted by Crippen LogP contribution is 2.26. The zero-order valence-electron chi connectivity index (χ0n) is 44.2. The highest BCUT2D eigenvalue weighted by atomic mass is 16.7. The Bertz CT molecular complexity index is 1560. The van der Waals surface area contributed by atoms with Crippen molar-refractivity contribution >= 4 is 23.9 Å². The molecule has 1 heterocycles. The number of carboxylic acids is 1. The van der Waals surface area contributed by atoms with Crippen LogP contribution in [0.4, 0.5) is 0 Å². The maximum Gasteiger partial charge on any atom is 0.335 e. The summed E-state index contributed by atoms with van der Waals surface area (Å²) in [6.07, 6.45) is 47.2. The average molecular weight is 997 g/mol. The van der Waals surface area contributed by atoms with E-state index in [1.165, 1.54) is 57.8 Å². The van der Waals surface area contributed by atoms with Crippen LogP contribution in [0.5, 0.6) is 0 Å². The summed E-state index contributed by atoms with van der Waals surface area (Å²) in [6.45, 7) is 5.77. The summed E-state index contributed by atoms with van der Waals surface area (Å²) in [5.41, 5.74) is 0. The van der Waals surface area contributed by atoms with E-state index in [0.29, 0.717) is 25.7 Å². The third kappa shape index (κ3) is 37.3. The first-order valence-corrected chi connectivity index (χ1v) is 27.6. The van der Waals surface area contributed by atoms with Crippen LogP contribution in [0, 0.1) is 0 Å². The monoisotopic (exact) mass is 997 g/mol. The number of carbonyl (C=O) groups is 4. The number of aliphatic hydroxyl groups is 2. The number of aliphatic hydroxyl groups excluding tert-OH is 2. The number of rotatable bonds is 45. The largest absolute Gasteiger partial charge is 0.479 e. The van der Waals surface area contributed by atoms with Crippen molar-refractivity contribution in [2.45, 2.75) is 250 Å². The van der Waals surface area contributed by atoms with E-state index in [1.54, 1.807) is 0 Å². The average Bonchev–Trinajstić information content (AvgIpc) is 3.35. The number of unbranched alkanes of at least 4 members (excludes halogenated alkanes) is 17. The van der Waals surface area contributed by atoms with Crippen molar-refractivity contribution in [2.24, 2.45) is 0 Å². The van der Waals surface area contributed by atoms with Crippen molar-refractivity contribution in [1.29, 1.82) is 0 Å². The molecule has 71 heavy (non-hydrogen) atoms. The first-order valence-electron chi connectivity index (χ1n) is 27.6. The molecule has 12 heteroatoms. The van der Waals surface area contributed by atoms with E-state index in [-0.39, 0.29) is 25.9 Å². The molecule has 1 saturated heterocycles. The first kappa shape index (κ1) is 64.9. The Hall–Kier alpha value is -4.10. The Morgan fingerprint density at radius 1 is 0.479 bits per heavy atom. The van der Waals surface area contributed by atoms with Crippen LogP contribution in [0.25, 0.3) is 0 Å². The predicted molar refractivity (Wildman–Crippen MR) is 284 cm³/mol. The molecular formula is C59H96O12. The molecule has 12 nitrogen and oxygen atoms in total. The van der Waals surface area contributed by atoms with Gasteiger partial charge in [0.1, 0.15) is 18.8 Å². The third-order valence-corrected chi connectivity index (χ3v) is 12.0. The highest BCUT2D eigenvalue weighted by molar-refractivity contribution is 5.74. The first-order chi connectivity index (χ1) is 34.6. The van der Waals surface area contributed by atoms with Gasteiger partial charge in [-0.3, -0.25) is 14.4 Å². The van der Waals surface area contributed by atoms with Gasteiger partial charge in [0.25, 0.3) is 0 Å². The van der Waals surface area contributed by atoms with E-state index in [2.05, 4.69) is 87.6 Å². The van der Waals surface area contributed by atoms with Gasteiger partial charge in [-0.2, -0.15) is 0 Å². The van der Waals surface area contributed by atoms with Gasteiger partial charge >= 0.3 is 23.9 Å². The van der Waals surface area contributed by atoms with Crippen molar-refractivity contribution < 1.29 is 58.2 Å². The summed E-state index contributed by atoms with van der Waals surface area (Å²) in [6, 6.07) is 0. The van der Waals surface area contributed by atoms with Gasteiger partial charge in [0.15, 0.2) is 24.6 Å². The van der Waals surface area contributed by atoms with Gasteiger partial charge in [-0.25, -0.2) is 4.79 Å². The lowest BCUT2D eigenvalue weighted by Crippen LogP contribution is -2.61. The molecular weight excluding hydrogens is 901 g/mol. The molecule has 0 spiro atoms. The van der Waals surface area contributed by atoms with Crippen LogP contribution in [0.2, 0.25) is 0 Å². The van der Waals surface area contributed by atoms with Gasteiger partial charge in [-0.15, -0.1) is 0 Å². The van der Waals surface area contributed by atoms with Crippen molar-refractivity contribution in [3.8, 4) is 0 Å². The molecule has 0 saturated carbocycles. The molecule has 404 valence electrons. The summed E-state index contributed by atoms with van der Waals surface area (Å²) < 4.78 is 28.2. The number of carbonyl (C=O) groups excluding carboxylic acids is 3. The van der Waals surface area contributed by atoms with Gasteiger partial charge in [-0.1, -0.05) is 202 Å². The number of hydrogen-bond donors (Lipinski definition) is 3.